The largest absolute Gasteiger partial charge is 0.384 e. The number of aromatic nitrogens is 1. The van der Waals surface area contributed by atoms with E-state index in [9.17, 15) is 4.79 Å². The molecule has 1 aromatic heterocycles. The van der Waals surface area contributed by atoms with Gasteiger partial charge in [-0.15, -0.1) is 0 Å². The molecule has 13 heavy (non-hydrogen) atoms. The predicted molar refractivity (Wildman–Crippen MR) is 47.8 cm³/mol. The molecule has 0 saturated heterocycles. The van der Waals surface area contributed by atoms with E-state index >= 15 is 0 Å². The van der Waals surface area contributed by atoms with Gasteiger partial charge in [0.05, 0.1) is 12.2 Å². The van der Waals surface area contributed by atoms with Crippen LogP contribution in [-0.4, -0.2) is 22.1 Å². The van der Waals surface area contributed by atoms with Crippen molar-refractivity contribution in [3.05, 3.63) is 30.1 Å². The van der Waals surface area contributed by atoms with Crippen LogP contribution in [0.5, 0.6) is 0 Å². The first-order valence-corrected chi connectivity index (χ1v) is 4.06. The lowest BCUT2D eigenvalue weighted by molar-refractivity contribution is -0.128. The van der Waals surface area contributed by atoms with Crippen molar-refractivity contribution in [3.8, 4) is 0 Å². The fourth-order valence-corrected chi connectivity index (χ4v) is 0.828. The van der Waals surface area contributed by atoms with E-state index in [1.54, 1.807) is 12.3 Å². The van der Waals surface area contributed by atoms with Crippen molar-refractivity contribution in [2.75, 3.05) is 0 Å². The van der Waals surface area contributed by atoms with Crippen molar-refractivity contribution in [2.24, 2.45) is 0 Å². The van der Waals surface area contributed by atoms with Gasteiger partial charge in [-0.1, -0.05) is 6.07 Å². The van der Waals surface area contributed by atoms with E-state index in [1.807, 2.05) is 12.1 Å². The number of pyridine rings is 1. The third-order valence-corrected chi connectivity index (χ3v) is 1.55. The Morgan fingerprint density at radius 1 is 1.69 bits per heavy atom. The molecule has 1 atom stereocenters. The molecule has 70 valence electrons. The van der Waals surface area contributed by atoms with Crippen molar-refractivity contribution in [3.63, 3.8) is 0 Å². The summed E-state index contributed by atoms with van der Waals surface area (Å²) < 4.78 is 0. The summed E-state index contributed by atoms with van der Waals surface area (Å²) in [5.41, 5.74) is 0.775. The second-order valence-electron chi connectivity index (χ2n) is 2.71. The van der Waals surface area contributed by atoms with Gasteiger partial charge in [-0.2, -0.15) is 0 Å². The SMILES string of the molecule is C[C@@H](O)C(=O)NCc1ccccn1. The minimum atomic E-state index is -0.969. The Morgan fingerprint density at radius 2 is 2.46 bits per heavy atom. The van der Waals surface area contributed by atoms with Crippen LogP contribution in [0.3, 0.4) is 0 Å². The topological polar surface area (TPSA) is 62.2 Å². The molecule has 0 bridgehead atoms. The van der Waals surface area contributed by atoms with Gasteiger partial charge in [0.1, 0.15) is 6.10 Å². The third-order valence-electron chi connectivity index (χ3n) is 1.55. The molecule has 1 heterocycles. The van der Waals surface area contributed by atoms with Crippen LogP contribution in [0.2, 0.25) is 0 Å². The lowest BCUT2D eigenvalue weighted by Gasteiger charge is -2.05. The average Bonchev–Trinajstić information content (AvgIpc) is 2.15. The number of carbonyl (C=O) groups excluding carboxylic acids is 1. The van der Waals surface area contributed by atoms with Gasteiger partial charge in [-0.25, -0.2) is 0 Å². The molecule has 0 saturated carbocycles. The highest BCUT2D eigenvalue weighted by atomic mass is 16.3. The predicted octanol–water partition coefficient (Wildman–Crippen LogP) is 0.0786. The maximum absolute atomic E-state index is 10.9. The highest BCUT2D eigenvalue weighted by Gasteiger charge is 2.07. The van der Waals surface area contributed by atoms with Gasteiger partial charge >= 0.3 is 0 Å². The molecular formula is C9H12N2O2. The normalized spacial score (nSPS) is 12.2. The van der Waals surface area contributed by atoms with E-state index in [0.29, 0.717) is 6.54 Å². The van der Waals surface area contributed by atoms with E-state index in [-0.39, 0.29) is 5.91 Å². The van der Waals surface area contributed by atoms with E-state index in [1.165, 1.54) is 6.92 Å². The second kappa shape index (κ2) is 4.57. The van der Waals surface area contributed by atoms with E-state index in [0.717, 1.165) is 5.69 Å². The molecule has 1 aromatic rings. The highest BCUT2D eigenvalue weighted by molar-refractivity contribution is 5.79. The third kappa shape index (κ3) is 3.21. The van der Waals surface area contributed by atoms with Gasteiger partial charge in [0.2, 0.25) is 5.91 Å². The summed E-state index contributed by atoms with van der Waals surface area (Å²) in [6.07, 6.45) is 0.688. The van der Waals surface area contributed by atoms with Crippen molar-refractivity contribution >= 4 is 5.91 Å². The molecular weight excluding hydrogens is 168 g/mol. The Hall–Kier alpha value is -1.42. The Kier molecular flexibility index (Phi) is 3.40. The van der Waals surface area contributed by atoms with Crippen molar-refractivity contribution in [1.29, 1.82) is 0 Å². The van der Waals surface area contributed by atoms with E-state index in [2.05, 4.69) is 10.3 Å². The van der Waals surface area contributed by atoms with Crippen molar-refractivity contribution in [2.45, 2.75) is 19.6 Å². The highest BCUT2D eigenvalue weighted by Crippen LogP contribution is 1.92. The molecule has 4 heteroatoms. The Balaban J connectivity index is 2.40. The first kappa shape index (κ1) is 9.67. The van der Waals surface area contributed by atoms with Gasteiger partial charge in [0, 0.05) is 6.20 Å². The molecule has 0 spiro atoms. The number of hydrogen-bond acceptors (Lipinski definition) is 3. The molecule has 0 fully saturated rings. The molecule has 0 unspecified atom stereocenters. The first-order chi connectivity index (χ1) is 6.20. The molecule has 0 aromatic carbocycles. The van der Waals surface area contributed by atoms with E-state index in [4.69, 9.17) is 5.11 Å². The minimum Gasteiger partial charge on any atom is -0.384 e. The maximum Gasteiger partial charge on any atom is 0.248 e. The molecule has 0 aliphatic carbocycles. The average molecular weight is 180 g/mol. The van der Waals surface area contributed by atoms with Crippen LogP contribution in [0, 0.1) is 0 Å². The lowest BCUT2D eigenvalue weighted by Crippen LogP contribution is -2.32. The number of rotatable bonds is 3. The zero-order valence-corrected chi connectivity index (χ0v) is 7.40. The van der Waals surface area contributed by atoms with Crippen LogP contribution in [-0.2, 0) is 11.3 Å². The zero-order valence-electron chi connectivity index (χ0n) is 7.40. The number of aliphatic hydroxyl groups is 1. The van der Waals surface area contributed by atoms with Gasteiger partial charge in [-0.05, 0) is 19.1 Å². The summed E-state index contributed by atoms with van der Waals surface area (Å²) in [6, 6.07) is 5.46. The van der Waals surface area contributed by atoms with Crippen LogP contribution in [0.1, 0.15) is 12.6 Å². The summed E-state index contributed by atoms with van der Waals surface area (Å²) in [7, 11) is 0. The molecule has 2 N–H and O–H groups in total. The monoisotopic (exact) mass is 180 g/mol. The molecule has 1 amide bonds. The lowest BCUT2D eigenvalue weighted by atomic mass is 10.3. The van der Waals surface area contributed by atoms with Gasteiger partial charge in [-0.3, -0.25) is 9.78 Å². The standard InChI is InChI=1S/C9H12N2O2/c1-7(12)9(13)11-6-8-4-2-3-5-10-8/h2-5,7,12H,6H2,1H3,(H,11,13)/t7-/m1/s1. The van der Waals surface area contributed by atoms with Crippen LogP contribution < -0.4 is 5.32 Å². The maximum atomic E-state index is 10.9. The Labute approximate surface area is 76.6 Å². The minimum absolute atomic E-state index is 0.352. The smallest absolute Gasteiger partial charge is 0.248 e. The fourth-order valence-electron chi connectivity index (χ4n) is 0.828. The second-order valence-corrected chi connectivity index (χ2v) is 2.71. The number of amides is 1. The molecule has 1 rings (SSSR count). The summed E-state index contributed by atoms with van der Waals surface area (Å²) in [6.45, 7) is 1.78. The molecule has 0 aliphatic heterocycles. The number of carbonyl (C=O) groups is 1. The number of hydrogen-bond donors (Lipinski definition) is 2. The van der Waals surface area contributed by atoms with Crippen LogP contribution in [0.25, 0.3) is 0 Å². The van der Waals surface area contributed by atoms with Crippen molar-refractivity contribution in [1.82, 2.24) is 10.3 Å². The Bertz CT molecular complexity index is 272. The zero-order chi connectivity index (χ0) is 9.68. The molecule has 0 radical (unpaired) electrons. The van der Waals surface area contributed by atoms with Crippen LogP contribution in [0.4, 0.5) is 0 Å². The molecule has 4 nitrogen and oxygen atoms in total. The van der Waals surface area contributed by atoms with E-state index < -0.39 is 6.10 Å². The van der Waals surface area contributed by atoms with Gasteiger partial charge in [0.15, 0.2) is 0 Å². The molecule has 0 aliphatic rings. The summed E-state index contributed by atoms with van der Waals surface area (Å²) in [4.78, 5) is 14.9. The summed E-state index contributed by atoms with van der Waals surface area (Å²) in [5, 5.41) is 11.4. The fraction of sp³-hybridized carbons (Fsp3) is 0.333. The summed E-state index contributed by atoms with van der Waals surface area (Å²) in [5.74, 6) is -0.384. The number of aliphatic hydroxyl groups excluding tert-OH is 1. The van der Waals surface area contributed by atoms with Crippen LogP contribution >= 0.6 is 0 Å². The van der Waals surface area contributed by atoms with Gasteiger partial charge in [0.25, 0.3) is 0 Å². The van der Waals surface area contributed by atoms with Crippen LogP contribution in [0.15, 0.2) is 24.4 Å². The summed E-state index contributed by atoms with van der Waals surface area (Å²) >= 11 is 0. The first-order valence-electron chi connectivity index (χ1n) is 4.06. The van der Waals surface area contributed by atoms with Crippen molar-refractivity contribution < 1.29 is 9.90 Å². The number of nitrogens with one attached hydrogen (secondary N) is 1. The van der Waals surface area contributed by atoms with Gasteiger partial charge < -0.3 is 10.4 Å². The number of nitrogens with zero attached hydrogens (tertiary/aromatic N) is 1. The quantitative estimate of drug-likeness (QED) is 0.692. The Morgan fingerprint density at radius 3 is 3.00 bits per heavy atom.